The van der Waals surface area contributed by atoms with Gasteiger partial charge in [-0.3, -0.25) is 9.89 Å². The molecule has 1 saturated carbocycles. The molecule has 0 aromatic carbocycles. The third kappa shape index (κ3) is 2.68. The molecule has 1 aliphatic rings. The minimum Gasteiger partial charge on any atom is -0.382 e. The van der Waals surface area contributed by atoms with E-state index in [1.165, 1.54) is 11.5 Å². The van der Waals surface area contributed by atoms with E-state index in [2.05, 4.69) is 25.2 Å². The summed E-state index contributed by atoms with van der Waals surface area (Å²) in [5, 5.41) is 13.4. The summed E-state index contributed by atoms with van der Waals surface area (Å²) in [6.45, 7) is 0.571. The Balaban J connectivity index is 1.71. The van der Waals surface area contributed by atoms with E-state index in [9.17, 15) is 4.79 Å². The van der Waals surface area contributed by atoms with Crippen LogP contribution in [-0.2, 0) is 6.54 Å². The molecule has 5 N–H and O–H groups in total. The average molecular weight is 278 g/mol. The van der Waals surface area contributed by atoms with Gasteiger partial charge in [0.2, 0.25) is 0 Å². The van der Waals surface area contributed by atoms with Gasteiger partial charge >= 0.3 is 0 Å². The molecule has 0 unspecified atom stereocenters. The maximum atomic E-state index is 12.1. The molecule has 1 aliphatic carbocycles. The highest BCUT2D eigenvalue weighted by molar-refractivity contribution is 7.11. The monoisotopic (exact) mass is 278 g/mol. The minimum absolute atomic E-state index is 0.150. The maximum Gasteiger partial charge on any atom is 0.258 e. The van der Waals surface area contributed by atoms with Crippen molar-refractivity contribution in [2.75, 3.05) is 11.1 Å². The minimum atomic E-state index is -0.150. The Morgan fingerprint density at radius 3 is 3.11 bits per heavy atom. The zero-order chi connectivity index (χ0) is 13.2. The van der Waals surface area contributed by atoms with Crippen LogP contribution in [0, 0.1) is 0 Å². The molecule has 8 heteroatoms. The number of aromatic nitrogens is 3. The molecule has 7 nitrogen and oxygen atoms in total. The largest absolute Gasteiger partial charge is 0.382 e. The van der Waals surface area contributed by atoms with Crippen molar-refractivity contribution >= 4 is 28.3 Å². The van der Waals surface area contributed by atoms with Gasteiger partial charge in [0, 0.05) is 24.3 Å². The summed E-state index contributed by atoms with van der Waals surface area (Å²) in [6.07, 6.45) is 5.60. The lowest BCUT2D eigenvalue weighted by Crippen LogP contribution is -2.26. The molecule has 0 bridgehead atoms. The molecule has 19 heavy (non-hydrogen) atoms. The van der Waals surface area contributed by atoms with Crippen molar-refractivity contribution in [2.45, 2.75) is 25.4 Å². The van der Waals surface area contributed by atoms with Crippen LogP contribution in [0.3, 0.4) is 0 Å². The molecule has 3 rings (SSSR count). The number of H-pyrrole nitrogens is 1. The van der Waals surface area contributed by atoms with Gasteiger partial charge in [-0.25, -0.2) is 0 Å². The van der Waals surface area contributed by atoms with Crippen LogP contribution in [0.25, 0.3) is 0 Å². The van der Waals surface area contributed by atoms with E-state index in [0.717, 1.165) is 18.4 Å². The molecule has 2 aromatic heterocycles. The molecule has 100 valence electrons. The molecule has 0 saturated heterocycles. The second kappa shape index (κ2) is 4.88. The van der Waals surface area contributed by atoms with Gasteiger partial charge < -0.3 is 16.4 Å². The fraction of sp³-hybridized carbons (Fsp3) is 0.364. The number of carbonyl (C=O) groups is 1. The smallest absolute Gasteiger partial charge is 0.258 e. The summed E-state index contributed by atoms with van der Waals surface area (Å²) in [7, 11) is 0. The molecule has 1 fully saturated rings. The topological polar surface area (TPSA) is 109 Å². The fourth-order valence-corrected chi connectivity index (χ4v) is 2.39. The van der Waals surface area contributed by atoms with Crippen molar-refractivity contribution in [3.05, 3.63) is 23.5 Å². The quantitative estimate of drug-likeness (QED) is 0.651. The van der Waals surface area contributed by atoms with Gasteiger partial charge in [-0.05, 0) is 24.4 Å². The van der Waals surface area contributed by atoms with Gasteiger partial charge in [0.15, 0.2) is 5.82 Å². The first-order chi connectivity index (χ1) is 9.24. The van der Waals surface area contributed by atoms with Gasteiger partial charge in [-0.15, -0.1) is 0 Å². The zero-order valence-electron chi connectivity index (χ0n) is 10.1. The van der Waals surface area contributed by atoms with Crippen molar-refractivity contribution in [3.8, 4) is 0 Å². The number of nitrogen functional groups attached to an aromatic ring is 1. The number of hydrogen-bond donors (Lipinski definition) is 4. The standard InChI is InChI=1S/C11H14N6OS/c12-9-8(10(18)16-7-1-2-7)11(19-17-9)13-3-6-4-14-15-5-6/h4-5,7,13H,1-3H2,(H2,12,17)(H,14,15)(H,16,18). The zero-order valence-corrected chi connectivity index (χ0v) is 11.0. The summed E-state index contributed by atoms with van der Waals surface area (Å²) in [5.74, 6) is 0.126. The Morgan fingerprint density at radius 2 is 2.42 bits per heavy atom. The highest BCUT2D eigenvalue weighted by Gasteiger charge is 2.27. The van der Waals surface area contributed by atoms with E-state index < -0.39 is 0 Å². The van der Waals surface area contributed by atoms with Gasteiger partial charge in [-0.2, -0.15) is 9.47 Å². The second-order valence-electron chi connectivity index (χ2n) is 4.48. The van der Waals surface area contributed by atoms with E-state index in [4.69, 9.17) is 5.73 Å². The normalized spacial score (nSPS) is 14.3. The number of hydrogen-bond acceptors (Lipinski definition) is 6. The summed E-state index contributed by atoms with van der Waals surface area (Å²) in [6, 6.07) is 0.300. The first-order valence-electron chi connectivity index (χ1n) is 6.01. The number of amides is 1. The number of nitrogens with zero attached hydrogens (tertiary/aromatic N) is 2. The molecule has 0 aliphatic heterocycles. The van der Waals surface area contributed by atoms with Crippen LogP contribution in [0.15, 0.2) is 12.4 Å². The Morgan fingerprint density at radius 1 is 1.58 bits per heavy atom. The Hall–Kier alpha value is -2.09. The summed E-state index contributed by atoms with van der Waals surface area (Å²) in [5.41, 5.74) is 7.21. The van der Waals surface area contributed by atoms with Crippen LogP contribution in [0.1, 0.15) is 28.8 Å². The molecule has 0 spiro atoms. The lowest BCUT2D eigenvalue weighted by molar-refractivity contribution is 0.0953. The maximum absolute atomic E-state index is 12.1. The molecule has 2 aromatic rings. The van der Waals surface area contributed by atoms with Gasteiger partial charge in [0.1, 0.15) is 10.6 Å². The number of nitrogens with one attached hydrogen (secondary N) is 3. The number of anilines is 2. The lowest BCUT2D eigenvalue weighted by atomic mass is 10.2. The van der Waals surface area contributed by atoms with E-state index >= 15 is 0 Å². The van der Waals surface area contributed by atoms with E-state index in [1.54, 1.807) is 12.4 Å². The Kier molecular flexibility index (Phi) is 3.08. The van der Waals surface area contributed by atoms with Crippen LogP contribution in [-0.4, -0.2) is 26.5 Å². The number of aromatic amines is 1. The van der Waals surface area contributed by atoms with Crippen LogP contribution < -0.4 is 16.4 Å². The molecule has 0 atom stereocenters. The highest BCUT2D eigenvalue weighted by Crippen LogP contribution is 2.28. The van der Waals surface area contributed by atoms with Crippen molar-refractivity contribution in [1.29, 1.82) is 0 Å². The summed E-state index contributed by atoms with van der Waals surface area (Å²) >= 11 is 1.20. The van der Waals surface area contributed by atoms with Crippen LogP contribution in [0.4, 0.5) is 10.8 Å². The van der Waals surface area contributed by atoms with Crippen molar-refractivity contribution in [2.24, 2.45) is 0 Å². The average Bonchev–Trinajstić information content (AvgIpc) is 2.92. The van der Waals surface area contributed by atoms with Crippen molar-refractivity contribution in [3.63, 3.8) is 0 Å². The summed E-state index contributed by atoms with van der Waals surface area (Å²) in [4.78, 5) is 12.1. The van der Waals surface area contributed by atoms with Gasteiger partial charge in [-0.1, -0.05) is 0 Å². The fourth-order valence-electron chi connectivity index (χ4n) is 1.68. The SMILES string of the molecule is Nc1nsc(NCc2cn[nH]c2)c1C(=O)NC1CC1. The van der Waals surface area contributed by atoms with Gasteiger partial charge in [0.05, 0.1) is 6.20 Å². The van der Waals surface area contributed by atoms with Crippen LogP contribution in [0.5, 0.6) is 0 Å². The van der Waals surface area contributed by atoms with Gasteiger partial charge in [0.25, 0.3) is 5.91 Å². The first-order valence-corrected chi connectivity index (χ1v) is 6.79. The van der Waals surface area contributed by atoms with Crippen molar-refractivity contribution in [1.82, 2.24) is 19.9 Å². The van der Waals surface area contributed by atoms with E-state index in [-0.39, 0.29) is 11.7 Å². The van der Waals surface area contributed by atoms with Crippen molar-refractivity contribution < 1.29 is 4.79 Å². The number of nitrogens with two attached hydrogens (primary N) is 1. The Labute approximate surface area is 113 Å². The molecular weight excluding hydrogens is 264 g/mol. The molecule has 1 amide bonds. The number of rotatable bonds is 5. The van der Waals surface area contributed by atoms with Crippen LogP contribution in [0.2, 0.25) is 0 Å². The lowest BCUT2D eigenvalue weighted by Gasteiger charge is -2.06. The van der Waals surface area contributed by atoms with E-state index in [1.807, 2.05) is 0 Å². The van der Waals surface area contributed by atoms with Crippen LogP contribution >= 0.6 is 11.5 Å². The predicted octanol–water partition coefficient (Wildman–Crippen LogP) is 0.953. The third-order valence-electron chi connectivity index (χ3n) is 2.87. The second-order valence-corrected chi connectivity index (χ2v) is 5.25. The third-order valence-corrected chi connectivity index (χ3v) is 3.69. The first kappa shape index (κ1) is 12.0. The van der Waals surface area contributed by atoms with E-state index in [0.29, 0.717) is 23.2 Å². The molecule has 0 radical (unpaired) electrons. The Bertz CT molecular complexity index is 574. The highest BCUT2D eigenvalue weighted by atomic mass is 32.1. The molecule has 2 heterocycles. The predicted molar refractivity (Wildman–Crippen MR) is 72.9 cm³/mol. The molecular formula is C11H14N6OS. The summed E-state index contributed by atoms with van der Waals surface area (Å²) < 4.78 is 4.04. The number of carbonyl (C=O) groups excluding carboxylic acids is 1.